The van der Waals surface area contributed by atoms with Crippen LogP contribution in [-0.2, 0) is 16.0 Å². The highest BCUT2D eigenvalue weighted by molar-refractivity contribution is 5.88. The molecular weight excluding hydrogens is 216 g/mol. The van der Waals surface area contributed by atoms with E-state index in [4.69, 9.17) is 5.73 Å². The van der Waals surface area contributed by atoms with Gasteiger partial charge in [0.15, 0.2) is 5.78 Å². The second-order valence-electron chi connectivity index (χ2n) is 3.96. The Morgan fingerprint density at radius 2 is 1.94 bits per heavy atom. The molecule has 0 saturated carbocycles. The van der Waals surface area contributed by atoms with Crippen molar-refractivity contribution in [2.45, 2.75) is 25.8 Å². The first-order valence-corrected chi connectivity index (χ1v) is 5.67. The fraction of sp³-hybridized carbons (Fsp3) is 0.385. The number of carbonyl (C=O) groups is 2. The highest BCUT2D eigenvalue weighted by Crippen LogP contribution is 2.05. The van der Waals surface area contributed by atoms with E-state index in [2.05, 4.69) is 5.32 Å². The Kier molecular flexibility index (Phi) is 5.36. The molecular formula is C13H18N2O2. The van der Waals surface area contributed by atoms with Crippen LogP contribution in [0.4, 0.5) is 0 Å². The summed E-state index contributed by atoms with van der Waals surface area (Å²) in [6.07, 6.45) is 1.36. The van der Waals surface area contributed by atoms with Crippen LogP contribution in [0.1, 0.15) is 18.9 Å². The lowest BCUT2D eigenvalue weighted by Crippen LogP contribution is -2.42. The predicted molar refractivity (Wildman–Crippen MR) is 66.4 cm³/mol. The molecule has 0 unspecified atom stereocenters. The fourth-order valence-corrected chi connectivity index (χ4v) is 1.59. The zero-order chi connectivity index (χ0) is 12.7. The van der Waals surface area contributed by atoms with Crippen molar-refractivity contribution in [2.75, 3.05) is 6.54 Å². The van der Waals surface area contributed by atoms with Gasteiger partial charge in [-0.2, -0.15) is 0 Å². The minimum atomic E-state index is -0.439. The summed E-state index contributed by atoms with van der Waals surface area (Å²) in [5.74, 6) is -0.332. The van der Waals surface area contributed by atoms with Crippen LogP contribution in [0.15, 0.2) is 30.3 Å². The Labute approximate surface area is 101 Å². The summed E-state index contributed by atoms with van der Waals surface area (Å²) < 4.78 is 0. The summed E-state index contributed by atoms with van der Waals surface area (Å²) >= 11 is 0. The first-order chi connectivity index (χ1) is 8.13. The Bertz CT molecular complexity index is 376. The summed E-state index contributed by atoms with van der Waals surface area (Å²) in [6, 6.07) is 9.42. The van der Waals surface area contributed by atoms with Crippen LogP contribution < -0.4 is 11.1 Å². The van der Waals surface area contributed by atoms with Gasteiger partial charge in [-0.15, -0.1) is 0 Å². The molecule has 0 spiro atoms. The normalized spacial score (nSPS) is 11.9. The fourth-order valence-electron chi connectivity index (χ4n) is 1.59. The largest absolute Gasteiger partial charge is 0.345 e. The van der Waals surface area contributed by atoms with E-state index >= 15 is 0 Å². The van der Waals surface area contributed by atoms with Crippen molar-refractivity contribution in [1.29, 1.82) is 0 Å². The number of hydrogen-bond donors (Lipinski definition) is 2. The van der Waals surface area contributed by atoms with Crippen LogP contribution in [-0.4, -0.2) is 24.3 Å². The van der Waals surface area contributed by atoms with E-state index < -0.39 is 6.04 Å². The first-order valence-electron chi connectivity index (χ1n) is 5.67. The summed E-state index contributed by atoms with van der Waals surface area (Å²) in [6.45, 7) is 1.39. The van der Waals surface area contributed by atoms with Crippen LogP contribution in [0.25, 0.3) is 0 Å². The van der Waals surface area contributed by atoms with Crippen molar-refractivity contribution in [1.82, 2.24) is 5.32 Å². The third-order valence-electron chi connectivity index (χ3n) is 2.58. The van der Waals surface area contributed by atoms with Crippen LogP contribution in [0.5, 0.6) is 0 Å². The first kappa shape index (κ1) is 13.4. The van der Waals surface area contributed by atoms with E-state index in [1.54, 1.807) is 0 Å². The number of benzene rings is 1. The number of aryl methyl sites for hydroxylation is 1. The maximum Gasteiger partial charge on any atom is 0.234 e. The molecule has 4 nitrogen and oxygen atoms in total. The zero-order valence-electron chi connectivity index (χ0n) is 9.98. The monoisotopic (exact) mass is 234 g/mol. The maximum atomic E-state index is 11.4. The second-order valence-corrected chi connectivity index (χ2v) is 3.96. The third kappa shape index (κ3) is 4.78. The number of amides is 1. The van der Waals surface area contributed by atoms with E-state index in [0.717, 1.165) is 12.0 Å². The molecule has 0 aliphatic carbocycles. The van der Waals surface area contributed by atoms with Crippen LogP contribution >= 0.6 is 0 Å². The Morgan fingerprint density at radius 1 is 1.29 bits per heavy atom. The van der Waals surface area contributed by atoms with Gasteiger partial charge in [0, 0.05) is 0 Å². The Balaban J connectivity index is 2.50. The standard InChI is InChI=1S/C13H18N2O2/c1-10(16)12(15-13(17)9-14)8-7-11-5-3-2-4-6-11/h2-6,12H,7-9,14H2,1H3,(H,15,17)/t12-/m0/s1. The Hall–Kier alpha value is -1.68. The highest BCUT2D eigenvalue weighted by Gasteiger charge is 2.15. The molecule has 0 aliphatic rings. The van der Waals surface area contributed by atoms with Crippen molar-refractivity contribution < 1.29 is 9.59 Å². The molecule has 0 aliphatic heterocycles. The minimum Gasteiger partial charge on any atom is -0.345 e. The number of rotatable bonds is 6. The van der Waals surface area contributed by atoms with Gasteiger partial charge in [0.25, 0.3) is 0 Å². The van der Waals surface area contributed by atoms with Crippen LogP contribution in [0.3, 0.4) is 0 Å². The highest BCUT2D eigenvalue weighted by atomic mass is 16.2. The number of Topliss-reactive ketones (excluding diaryl/α,β-unsaturated/α-hetero) is 1. The van der Waals surface area contributed by atoms with E-state index in [0.29, 0.717) is 6.42 Å². The molecule has 0 radical (unpaired) electrons. The van der Waals surface area contributed by atoms with Crippen molar-refractivity contribution in [3.8, 4) is 0 Å². The molecule has 0 saturated heterocycles. The molecule has 0 fully saturated rings. The van der Waals surface area contributed by atoms with Crippen molar-refractivity contribution in [2.24, 2.45) is 5.73 Å². The SMILES string of the molecule is CC(=O)[C@H](CCc1ccccc1)NC(=O)CN. The predicted octanol–water partition coefficient (Wildman–Crippen LogP) is 0.652. The lowest BCUT2D eigenvalue weighted by Gasteiger charge is -2.15. The molecule has 0 heterocycles. The van der Waals surface area contributed by atoms with E-state index in [1.165, 1.54) is 6.92 Å². The van der Waals surface area contributed by atoms with Crippen LogP contribution in [0, 0.1) is 0 Å². The molecule has 0 bridgehead atoms. The molecule has 4 heteroatoms. The summed E-state index contributed by atoms with van der Waals surface area (Å²) in [5, 5.41) is 2.62. The van der Waals surface area contributed by atoms with Gasteiger partial charge in [0.1, 0.15) is 0 Å². The van der Waals surface area contributed by atoms with Gasteiger partial charge < -0.3 is 11.1 Å². The van der Waals surface area contributed by atoms with Gasteiger partial charge in [-0.05, 0) is 25.3 Å². The van der Waals surface area contributed by atoms with Gasteiger partial charge in [-0.1, -0.05) is 30.3 Å². The van der Waals surface area contributed by atoms with Crippen LogP contribution in [0.2, 0.25) is 0 Å². The quantitative estimate of drug-likeness (QED) is 0.759. The maximum absolute atomic E-state index is 11.4. The third-order valence-corrected chi connectivity index (χ3v) is 2.58. The molecule has 1 amide bonds. The summed E-state index contributed by atoms with van der Waals surface area (Å²) in [7, 11) is 0. The van der Waals surface area contributed by atoms with E-state index in [-0.39, 0.29) is 18.2 Å². The van der Waals surface area contributed by atoms with Gasteiger partial charge in [-0.3, -0.25) is 9.59 Å². The number of hydrogen-bond acceptors (Lipinski definition) is 3. The minimum absolute atomic E-state index is 0.0391. The summed E-state index contributed by atoms with van der Waals surface area (Å²) in [4.78, 5) is 22.5. The molecule has 1 aromatic carbocycles. The van der Waals surface area contributed by atoms with Gasteiger partial charge >= 0.3 is 0 Å². The second kappa shape index (κ2) is 6.81. The Morgan fingerprint density at radius 3 is 2.47 bits per heavy atom. The van der Waals surface area contributed by atoms with Crippen molar-refractivity contribution in [3.63, 3.8) is 0 Å². The van der Waals surface area contributed by atoms with E-state index in [1.807, 2.05) is 30.3 Å². The topological polar surface area (TPSA) is 72.2 Å². The molecule has 0 aromatic heterocycles. The smallest absolute Gasteiger partial charge is 0.234 e. The van der Waals surface area contributed by atoms with Gasteiger partial charge in [0.2, 0.25) is 5.91 Å². The van der Waals surface area contributed by atoms with Gasteiger partial charge in [-0.25, -0.2) is 0 Å². The van der Waals surface area contributed by atoms with Gasteiger partial charge in [0.05, 0.1) is 12.6 Å². The molecule has 1 rings (SSSR count). The molecule has 17 heavy (non-hydrogen) atoms. The number of carbonyl (C=O) groups excluding carboxylic acids is 2. The number of nitrogens with one attached hydrogen (secondary N) is 1. The number of nitrogens with two attached hydrogens (primary N) is 1. The molecule has 1 aromatic rings. The summed E-state index contributed by atoms with van der Waals surface area (Å²) in [5.41, 5.74) is 6.36. The van der Waals surface area contributed by atoms with Crippen molar-refractivity contribution in [3.05, 3.63) is 35.9 Å². The average molecular weight is 234 g/mol. The van der Waals surface area contributed by atoms with Crippen molar-refractivity contribution >= 4 is 11.7 Å². The average Bonchev–Trinajstić information content (AvgIpc) is 2.35. The lowest BCUT2D eigenvalue weighted by atomic mass is 10.0. The van der Waals surface area contributed by atoms with E-state index in [9.17, 15) is 9.59 Å². The molecule has 3 N–H and O–H groups in total. The lowest BCUT2D eigenvalue weighted by molar-refractivity contribution is -0.126. The molecule has 1 atom stereocenters. The zero-order valence-corrected chi connectivity index (χ0v) is 9.98. The number of ketones is 1. The molecule has 92 valence electrons.